The van der Waals surface area contributed by atoms with Crippen molar-refractivity contribution < 1.29 is 0 Å². The lowest BCUT2D eigenvalue weighted by atomic mass is 10.1. The van der Waals surface area contributed by atoms with E-state index in [1.165, 1.54) is 12.0 Å². The maximum absolute atomic E-state index is 3.72. The maximum Gasteiger partial charge on any atom is 0.0610 e. The van der Waals surface area contributed by atoms with E-state index in [1.54, 1.807) is 0 Å². The molecule has 96 valence electrons. The highest BCUT2D eigenvalue weighted by atomic mass is 127. The zero-order valence-electron chi connectivity index (χ0n) is 11.3. The van der Waals surface area contributed by atoms with Gasteiger partial charge in [-0.15, -0.1) is 0 Å². The minimum atomic E-state index is -1.13. The van der Waals surface area contributed by atoms with Crippen LogP contribution in [-0.4, -0.2) is 18.2 Å². The van der Waals surface area contributed by atoms with Crippen LogP contribution in [0.4, 0.5) is 0 Å². The van der Waals surface area contributed by atoms with Crippen molar-refractivity contribution in [3.05, 3.63) is 35.9 Å². The Bertz CT molecular complexity index is 321. The minimum Gasteiger partial charge on any atom is -0.309 e. The molecule has 0 aliphatic rings. The number of hydrogen-bond donors (Lipinski definition) is 1. The molecule has 0 aromatic heterocycles. The van der Waals surface area contributed by atoms with Crippen LogP contribution in [0.1, 0.15) is 24.9 Å². The number of halogens is 1. The van der Waals surface area contributed by atoms with Crippen LogP contribution in [-0.2, 0) is 0 Å². The molecule has 0 spiro atoms. The molecule has 0 amide bonds. The van der Waals surface area contributed by atoms with E-state index in [4.69, 9.17) is 0 Å². The van der Waals surface area contributed by atoms with Crippen molar-refractivity contribution in [2.45, 2.75) is 42.6 Å². The van der Waals surface area contributed by atoms with Crippen LogP contribution in [0.5, 0.6) is 0 Å². The van der Waals surface area contributed by atoms with Gasteiger partial charge < -0.3 is 5.32 Å². The second-order valence-corrected chi connectivity index (χ2v) is 13.5. The number of rotatable bonds is 6. The highest BCUT2D eigenvalue weighted by Crippen LogP contribution is 2.30. The lowest BCUT2D eigenvalue weighted by Crippen LogP contribution is -2.43. The first-order valence-corrected chi connectivity index (χ1v) is 11.2. The molecule has 3 heteroatoms. The Balaban J connectivity index is 2.88. The third-order valence-corrected chi connectivity index (χ3v) is 11.2. The lowest BCUT2D eigenvalue weighted by molar-refractivity contribution is 0.562. The quantitative estimate of drug-likeness (QED) is 0.450. The molecular formula is C14H24INSi. The first-order valence-electron chi connectivity index (χ1n) is 6.39. The van der Waals surface area contributed by atoms with E-state index in [2.05, 4.69) is 84.8 Å². The summed E-state index contributed by atoms with van der Waals surface area (Å²) in [7, 11) is -1.13. The molecule has 1 nitrogen and oxygen atoms in total. The summed E-state index contributed by atoms with van der Waals surface area (Å²) in [6, 6.07) is 11.4. The second-order valence-electron chi connectivity index (χ2n) is 5.61. The lowest BCUT2D eigenvalue weighted by Gasteiger charge is -2.32. The van der Waals surface area contributed by atoms with Gasteiger partial charge in [-0.1, -0.05) is 79.5 Å². The van der Waals surface area contributed by atoms with E-state index in [1.807, 2.05) is 0 Å². The SMILES string of the molecule is CCCN[C@H](c1ccccc1)[C@H](I)[Si](C)(C)C. The molecule has 0 radical (unpaired) electrons. The Kier molecular flexibility index (Phi) is 6.16. The van der Waals surface area contributed by atoms with Crippen LogP contribution in [0.3, 0.4) is 0 Å². The molecule has 0 fully saturated rings. The fraction of sp³-hybridized carbons (Fsp3) is 0.571. The Labute approximate surface area is 121 Å². The molecule has 17 heavy (non-hydrogen) atoms. The molecule has 1 aromatic rings. The molecule has 0 aliphatic heterocycles. The van der Waals surface area contributed by atoms with E-state index < -0.39 is 8.07 Å². The summed E-state index contributed by atoms with van der Waals surface area (Å²) >= 11 is 2.65. The standard InChI is InChI=1S/C14H24INSi/c1-5-11-16-13(14(15)17(2,3)4)12-9-7-6-8-10-12/h6-10,13-14,16H,5,11H2,1-4H3/t13-,14-/m1/s1. The summed E-state index contributed by atoms with van der Waals surface area (Å²) < 4.78 is 0.717. The van der Waals surface area contributed by atoms with Crippen LogP contribution >= 0.6 is 22.6 Å². The predicted molar refractivity (Wildman–Crippen MR) is 88.6 cm³/mol. The smallest absolute Gasteiger partial charge is 0.0610 e. The molecule has 0 unspecified atom stereocenters. The molecule has 2 atom stereocenters. The van der Waals surface area contributed by atoms with Crippen molar-refractivity contribution in [3.63, 3.8) is 0 Å². The highest BCUT2D eigenvalue weighted by molar-refractivity contribution is 14.1. The van der Waals surface area contributed by atoms with Gasteiger partial charge >= 0.3 is 0 Å². The van der Waals surface area contributed by atoms with Gasteiger partial charge in [-0.05, 0) is 18.5 Å². The van der Waals surface area contributed by atoms with Gasteiger partial charge in [0.25, 0.3) is 0 Å². The van der Waals surface area contributed by atoms with E-state index in [-0.39, 0.29) is 0 Å². The fourth-order valence-electron chi connectivity index (χ4n) is 1.85. The van der Waals surface area contributed by atoms with Gasteiger partial charge in [0, 0.05) is 9.59 Å². The van der Waals surface area contributed by atoms with Gasteiger partial charge in [-0.3, -0.25) is 0 Å². The fourth-order valence-corrected chi connectivity index (χ4v) is 3.83. The average Bonchev–Trinajstić information content (AvgIpc) is 2.29. The van der Waals surface area contributed by atoms with Gasteiger partial charge in [0.2, 0.25) is 0 Å². The highest BCUT2D eigenvalue weighted by Gasteiger charge is 2.31. The second kappa shape index (κ2) is 6.90. The van der Waals surface area contributed by atoms with Crippen molar-refractivity contribution in [3.8, 4) is 0 Å². The zero-order valence-corrected chi connectivity index (χ0v) is 14.5. The number of benzene rings is 1. The summed E-state index contributed by atoms with van der Waals surface area (Å²) in [5.41, 5.74) is 1.43. The Hall–Kier alpha value is 0.127. The van der Waals surface area contributed by atoms with Crippen molar-refractivity contribution in [2.75, 3.05) is 6.54 Å². The third kappa shape index (κ3) is 4.71. The summed E-state index contributed by atoms with van der Waals surface area (Å²) in [5, 5.41) is 3.72. The first-order chi connectivity index (χ1) is 7.96. The van der Waals surface area contributed by atoms with Gasteiger partial charge in [-0.2, -0.15) is 0 Å². The molecule has 0 bridgehead atoms. The molecule has 0 aliphatic carbocycles. The van der Waals surface area contributed by atoms with E-state index in [9.17, 15) is 0 Å². The third-order valence-electron chi connectivity index (χ3n) is 2.89. The average molecular weight is 361 g/mol. The van der Waals surface area contributed by atoms with E-state index in [0.29, 0.717) is 9.59 Å². The molecule has 0 saturated heterocycles. The molecule has 1 aromatic carbocycles. The number of alkyl halides is 1. The first kappa shape index (κ1) is 15.2. The van der Waals surface area contributed by atoms with Crippen molar-refractivity contribution in [1.82, 2.24) is 5.32 Å². The Morgan fingerprint density at radius 1 is 1.18 bits per heavy atom. The van der Waals surface area contributed by atoms with Crippen LogP contribution < -0.4 is 5.32 Å². The van der Waals surface area contributed by atoms with Crippen LogP contribution in [0.15, 0.2) is 30.3 Å². The predicted octanol–water partition coefficient (Wildman–Crippen LogP) is 4.41. The van der Waals surface area contributed by atoms with Crippen molar-refractivity contribution in [2.24, 2.45) is 0 Å². The van der Waals surface area contributed by atoms with Gasteiger partial charge in [-0.25, -0.2) is 0 Å². The summed E-state index contributed by atoms with van der Waals surface area (Å²) in [5.74, 6) is 0. The number of hydrogen-bond acceptors (Lipinski definition) is 1. The van der Waals surface area contributed by atoms with Crippen molar-refractivity contribution >= 4 is 30.7 Å². The van der Waals surface area contributed by atoms with Gasteiger partial charge in [0.15, 0.2) is 0 Å². The molecular weight excluding hydrogens is 337 g/mol. The van der Waals surface area contributed by atoms with Crippen LogP contribution in [0.25, 0.3) is 0 Å². The molecule has 0 saturated carbocycles. The monoisotopic (exact) mass is 361 g/mol. The molecule has 1 rings (SSSR count). The maximum atomic E-state index is 3.72. The summed E-state index contributed by atoms with van der Waals surface area (Å²) in [6.45, 7) is 10.7. The van der Waals surface area contributed by atoms with Gasteiger partial charge in [0.1, 0.15) is 0 Å². The van der Waals surface area contributed by atoms with E-state index in [0.717, 1.165) is 6.54 Å². The number of nitrogens with one attached hydrogen (secondary N) is 1. The zero-order chi connectivity index (χ0) is 12.9. The van der Waals surface area contributed by atoms with E-state index >= 15 is 0 Å². The Morgan fingerprint density at radius 2 is 1.76 bits per heavy atom. The largest absolute Gasteiger partial charge is 0.309 e. The van der Waals surface area contributed by atoms with Gasteiger partial charge in [0.05, 0.1) is 8.07 Å². The van der Waals surface area contributed by atoms with Crippen LogP contribution in [0, 0.1) is 0 Å². The Morgan fingerprint density at radius 3 is 2.24 bits per heavy atom. The topological polar surface area (TPSA) is 12.0 Å². The minimum absolute atomic E-state index is 0.503. The summed E-state index contributed by atoms with van der Waals surface area (Å²) in [6.07, 6.45) is 1.19. The van der Waals surface area contributed by atoms with Crippen LogP contribution in [0.2, 0.25) is 19.6 Å². The normalized spacial score (nSPS) is 15.6. The molecule has 1 N–H and O–H groups in total. The molecule has 0 heterocycles. The summed E-state index contributed by atoms with van der Waals surface area (Å²) in [4.78, 5) is 0. The van der Waals surface area contributed by atoms with Crippen molar-refractivity contribution in [1.29, 1.82) is 0 Å².